The highest BCUT2D eigenvalue weighted by molar-refractivity contribution is 8.01. The lowest BCUT2D eigenvalue weighted by Gasteiger charge is -2.29. The number of nitrogens with one attached hydrogen (secondary N) is 1. The Kier molecular flexibility index (Phi) is 3.69. The van der Waals surface area contributed by atoms with Gasteiger partial charge in [0, 0.05) is 18.7 Å². The molecule has 2 aliphatic rings. The average Bonchev–Trinajstić information content (AvgIpc) is 2.95. The highest BCUT2D eigenvalue weighted by atomic mass is 32.2. The minimum atomic E-state index is -0.319. The van der Waals surface area contributed by atoms with Gasteiger partial charge in [0.25, 0.3) is 0 Å². The van der Waals surface area contributed by atoms with Crippen molar-refractivity contribution in [1.29, 1.82) is 0 Å². The zero-order chi connectivity index (χ0) is 15.0. The summed E-state index contributed by atoms with van der Waals surface area (Å²) in [5.74, 6) is 0.766. The Morgan fingerprint density at radius 2 is 2.14 bits per heavy atom. The Morgan fingerprint density at radius 1 is 1.43 bits per heavy atom. The molecule has 1 N–H and O–H groups in total. The third-order valence-electron chi connectivity index (χ3n) is 4.33. The van der Waals surface area contributed by atoms with Gasteiger partial charge in [-0.3, -0.25) is 9.59 Å². The SMILES string of the molecule is Cc1ccc(CNC(=O)[C@@H]2CS[C@@]3(C)CCC(=O)N23)cc1. The number of hydrogen-bond donors (Lipinski definition) is 1. The van der Waals surface area contributed by atoms with Crippen molar-refractivity contribution in [3.05, 3.63) is 35.4 Å². The topological polar surface area (TPSA) is 49.4 Å². The molecule has 2 aliphatic heterocycles. The predicted molar refractivity (Wildman–Crippen MR) is 83.8 cm³/mol. The molecule has 0 bridgehead atoms. The first-order valence-corrected chi connectivity index (χ1v) is 8.27. The Hall–Kier alpha value is -1.49. The van der Waals surface area contributed by atoms with Crippen LogP contribution < -0.4 is 5.32 Å². The van der Waals surface area contributed by atoms with Crippen molar-refractivity contribution in [3.63, 3.8) is 0 Å². The summed E-state index contributed by atoms with van der Waals surface area (Å²) in [6.07, 6.45) is 1.41. The standard InChI is InChI=1S/C16H20N2O2S/c1-11-3-5-12(6-4-11)9-17-15(20)13-10-21-16(2)8-7-14(19)18(13)16/h3-6,13H,7-10H2,1-2H3,(H,17,20)/t13-,16-/m0/s1. The first-order chi connectivity index (χ1) is 9.99. The van der Waals surface area contributed by atoms with E-state index in [4.69, 9.17) is 0 Å². The smallest absolute Gasteiger partial charge is 0.243 e. The van der Waals surface area contributed by atoms with Crippen LogP contribution in [0.1, 0.15) is 30.9 Å². The van der Waals surface area contributed by atoms with Crippen LogP contribution in [0.2, 0.25) is 0 Å². The molecular weight excluding hydrogens is 284 g/mol. The van der Waals surface area contributed by atoms with Crippen molar-refractivity contribution in [2.24, 2.45) is 0 Å². The second-order valence-electron chi connectivity index (χ2n) is 5.97. The van der Waals surface area contributed by atoms with Crippen LogP contribution in [0.4, 0.5) is 0 Å². The van der Waals surface area contributed by atoms with Crippen LogP contribution >= 0.6 is 11.8 Å². The van der Waals surface area contributed by atoms with Gasteiger partial charge in [0.2, 0.25) is 11.8 Å². The fraction of sp³-hybridized carbons (Fsp3) is 0.500. The number of benzene rings is 1. The molecule has 0 radical (unpaired) electrons. The summed E-state index contributed by atoms with van der Waals surface area (Å²) in [5.41, 5.74) is 2.28. The summed E-state index contributed by atoms with van der Waals surface area (Å²) in [6, 6.07) is 7.79. The lowest BCUT2D eigenvalue weighted by atomic mass is 10.1. The van der Waals surface area contributed by atoms with E-state index in [-0.39, 0.29) is 22.7 Å². The Balaban J connectivity index is 1.63. The molecule has 5 heteroatoms. The maximum atomic E-state index is 12.4. The van der Waals surface area contributed by atoms with Gasteiger partial charge >= 0.3 is 0 Å². The van der Waals surface area contributed by atoms with E-state index in [1.54, 1.807) is 16.7 Å². The molecule has 0 aromatic heterocycles. The number of hydrogen-bond acceptors (Lipinski definition) is 3. The normalized spacial score (nSPS) is 27.8. The summed E-state index contributed by atoms with van der Waals surface area (Å²) < 4.78 is 0. The maximum absolute atomic E-state index is 12.4. The van der Waals surface area contributed by atoms with Gasteiger partial charge in [-0.15, -0.1) is 11.8 Å². The van der Waals surface area contributed by atoms with E-state index in [9.17, 15) is 9.59 Å². The van der Waals surface area contributed by atoms with Crippen LogP contribution in [-0.2, 0) is 16.1 Å². The molecule has 2 fully saturated rings. The van der Waals surface area contributed by atoms with E-state index in [1.165, 1.54) is 5.56 Å². The monoisotopic (exact) mass is 304 g/mol. The van der Waals surface area contributed by atoms with Gasteiger partial charge in [0.1, 0.15) is 6.04 Å². The quantitative estimate of drug-likeness (QED) is 0.930. The third-order valence-corrected chi connectivity index (χ3v) is 5.84. The van der Waals surface area contributed by atoms with Gasteiger partial charge in [-0.1, -0.05) is 29.8 Å². The van der Waals surface area contributed by atoms with E-state index in [0.717, 1.165) is 12.0 Å². The fourth-order valence-electron chi connectivity index (χ4n) is 3.03. The molecule has 0 spiro atoms. The summed E-state index contributed by atoms with van der Waals surface area (Å²) in [7, 11) is 0. The highest BCUT2D eigenvalue weighted by Crippen LogP contribution is 2.47. The molecule has 2 saturated heterocycles. The van der Waals surface area contributed by atoms with E-state index in [0.29, 0.717) is 18.7 Å². The molecule has 2 amide bonds. The van der Waals surface area contributed by atoms with Crippen molar-refractivity contribution in [1.82, 2.24) is 10.2 Å². The first kappa shape index (κ1) is 14.4. The van der Waals surface area contributed by atoms with Gasteiger partial charge in [-0.2, -0.15) is 0 Å². The lowest BCUT2D eigenvalue weighted by molar-refractivity contribution is -0.138. The second-order valence-corrected chi connectivity index (χ2v) is 7.47. The number of carbonyl (C=O) groups is 2. The zero-order valence-electron chi connectivity index (χ0n) is 12.4. The molecule has 1 aromatic rings. The number of fused-ring (bicyclic) bond motifs is 1. The van der Waals surface area contributed by atoms with Gasteiger partial charge in [0.15, 0.2) is 0 Å². The number of rotatable bonds is 3. The molecule has 112 valence electrons. The molecule has 3 rings (SSSR count). The van der Waals surface area contributed by atoms with Crippen molar-refractivity contribution in [2.75, 3.05) is 5.75 Å². The Labute approximate surface area is 129 Å². The predicted octanol–water partition coefficient (Wildman–Crippen LogP) is 2.07. The minimum absolute atomic E-state index is 0.0398. The van der Waals surface area contributed by atoms with Crippen LogP contribution in [0.3, 0.4) is 0 Å². The highest BCUT2D eigenvalue weighted by Gasteiger charge is 2.52. The molecule has 0 saturated carbocycles. The Morgan fingerprint density at radius 3 is 2.86 bits per heavy atom. The number of amides is 2. The molecule has 0 aliphatic carbocycles. The van der Waals surface area contributed by atoms with Crippen LogP contribution in [0.15, 0.2) is 24.3 Å². The van der Waals surface area contributed by atoms with Crippen LogP contribution in [-0.4, -0.2) is 33.4 Å². The van der Waals surface area contributed by atoms with Crippen LogP contribution in [0.25, 0.3) is 0 Å². The second kappa shape index (κ2) is 5.37. The van der Waals surface area contributed by atoms with Crippen molar-refractivity contribution in [3.8, 4) is 0 Å². The number of aryl methyl sites for hydroxylation is 1. The number of carbonyl (C=O) groups excluding carboxylic acids is 2. The molecule has 0 unspecified atom stereocenters. The largest absolute Gasteiger partial charge is 0.350 e. The molecule has 4 nitrogen and oxygen atoms in total. The zero-order valence-corrected chi connectivity index (χ0v) is 13.2. The van der Waals surface area contributed by atoms with Crippen LogP contribution in [0.5, 0.6) is 0 Å². The Bertz CT molecular complexity index is 572. The van der Waals surface area contributed by atoms with Gasteiger partial charge in [-0.05, 0) is 25.8 Å². The molecule has 2 heterocycles. The average molecular weight is 304 g/mol. The maximum Gasteiger partial charge on any atom is 0.243 e. The molecule has 21 heavy (non-hydrogen) atoms. The summed E-state index contributed by atoms with van der Waals surface area (Å²) in [4.78, 5) is 26.0. The van der Waals surface area contributed by atoms with Gasteiger partial charge < -0.3 is 10.2 Å². The summed E-state index contributed by atoms with van der Waals surface area (Å²) in [6.45, 7) is 4.62. The van der Waals surface area contributed by atoms with Crippen LogP contribution in [0, 0.1) is 6.92 Å². The number of thioether (sulfide) groups is 1. The third kappa shape index (κ3) is 2.67. The van der Waals surface area contributed by atoms with Crippen molar-refractivity contribution < 1.29 is 9.59 Å². The summed E-state index contributed by atoms with van der Waals surface area (Å²) >= 11 is 1.72. The van der Waals surface area contributed by atoms with Gasteiger partial charge in [0.05, 0.1) is 4.87 Å². The van der Waals surface area contributed by atoms with E-state index >= 15 is 0 Å². The number of nitrogens with zero attached hydrogens (tertiary/aromatic N) is 1. The van der Waals surface area contributed by atoms with E-state index in [1.807, 2.05) is 31.2 Å². The van der Waals surface area contributed by atoms with E-state index in [2.05, 4.69) is 12.2 Å². The summed E-state index contributed by atoms with van der Waals surface area (Å²) in [5, 5.41) is 2.96. The minimum Gasteiger partial charge on any atom is -0.350 e. The molecule has 2 atom stereocenters. The van der Waals surface area contributed by atoms with E-state index < -0.39 is 0 Å². The molecule has 1 aromatic carbocycles. The fourth-order valence-corrected chi connectivity index (χ4v) is 4.46. The van der Waals surface area contributed by atoms with Crippen molar-refractivity contribution in [2.45, 2.75) is 44.1 Å². The van der Waals surface area contributed by atoms with Crippen molar-refractivity contribution >= 4 is 23.6 Å². The molecular formula is C16H20N2O2S. The lowest BCUT2D eigenvalue weighted by Crippen LogP contribution is -2.49. The first-order valence-electron chi connectivity index (χ1n) is 7.29. The van der Waals surface area contributed by atoms with Gasteiger partial charge in [-0.25, -0.2) is 0 Å².